The zero-order valence-electron chi connectivity index (χ0n) is 6.86. The molecule has 0 aromatic rings. The Bertz CT molecular complexity index is 250. The third kappa shape index (κ3) is 0.897. The normalized spacial score (nSPS) is 34.0. The first-order valence-corrected chi connectivity index (χ1v) is 3.96. The number of fused-ring (bicyclic) bond motifs is 1. The van der Waals surface area contributed by atoms with Crippen molar-refractivity contribution in [2.45, 2.75) is 26.1 Å². The average Bonchev–Trinajstić information content (AvgIpc) is 2.30. The van der Waals surface area contributed by atoms with Crippen molar-refractivity contribution >= 4 is 5.71 Å². The summed E-state index contributed by atoms with van der Waals surface area (Å²) in [6, 6.07) is 0.473. The van der Waals surface area contributed by atoms with Crippen LogP contribution >= 0.6 is 0 Å². The zero-order valence-corrected chi connectivity index (χ0v) is 6.86. The first-order chi connectivity index (χ1) is 5.29. The molecule has 0 bridgehead atoms. The molecule has 2 unspecified atom stereocenters. The predicted octanol–water partition coefficient (Wildman–Crippen LogP) is 1.56. The van der Waals surface area contributed by atoms with Crippen LogP contribution in [0.4, 0.5) is 0 Å². The highest BCUT2D eigenvalue weighted by atomic mass is 15.3. The number of aliphatic imine (C=N–C) groups is 1. The van der Waals surface area contributed by atoms with E-state index in [-0.39, 0.29) is 6.17 Å². The maximum Gasteiger partial charge on any atom is 0.140 e. The molecule has 0 saturated heterocycles. The Morgan fingerprint density at radius 2 is 2.27 bits per heavy atom. The first kappa shape index (κ1) is 6.65. The summed E-state index contributed by atoms with van der Waals surface area (Å²) in [7, 11) is 0. The maximum absolute atomic E-state index is 4.50. The van der Waals surface area contributed by atoms with E-state index in [0.717, 1.165) is 0 Å². The highest BCUT2D eigenvalue weighted by Crippen LogP contribution is 2.20. The molecule has 0 N–H and O–H groups in total. The molecule has 0 aromatic carbocycles. The fourth-order valence-corrected chi connectivity index (χ4v) is 1.50. The van der Waals surface area contributed by atoms with Crippen molar-refractivity contribution in [2.75, 3.05) is 0 Å². The minimum absolute atomic E-state index is 0.273. The second kappa shape index (κ2) is 2.22. The summed E-state index contributed by atoms with van der Waals surface area (Å²) in [6.45, 7) is 4.27. The van der Waals surface area contributed by atoms with Gasteiger partial charge in [-0.1, -0.05) is 6.08 Å². The topological polar surface area (TPSA) is 15.6 Å². The van der Waals surface area contributed by atoms with E-state index in [9.17, 15) is 0 Å². The Morgan fingerprint density at radius 1 is 1.45 bits per heavy atom. The number of nitrogens with zero attached hydrogens (tertiary/aromatic N) is 2. The van der Waals surface area contributed by atoms with Crippen molar-refractivity contribution in [3.05, 3.63) is 24.4 Å². The Morgan fingerprint density at radius 3 is 3.00 bits per heavy atom. The fourth-order valence-electron chi connectivity index (χ4n) is 1.50. The van der Waals surface area contributed by atoms with Crippen molar-refractivity contribution in [2.24, 2.45) is 4.99 Å². The van der Waals surface area contributed by atoms with Gasteiger partial charge in [0.1, 0.15) is 6.17 Å². The summed E-state index contributed by atoms with van der Waals surface area (Å²) in [5.74, 6) is 0. The van der Waals surface area contributed by atoms with Crippen LogP contribution in [0.1, 0.15) is 13.8 Å². The van der Waals surface area contributed by atoms with Crippen LogP contribution in [-0.2, 0) is 0 Å². The summed E-state index contributed by atoms with van der Waals surface area (Å²) < 4.78 is 0. The molecule has 2 nitrogen and oxygen atoms in total. The molecule has 0 saturated carbocycles. The van der Waals surface area contributed by atoms with Gasteiger partial charge in [-0.05, 0) is 26.0 Å². The number of rotatable bonds is 0. The van der Waals surface area contributed by atoms with Gasteiger partial charge in [-0.25, -0.2) is 0 Å². The van der Waals surface area contributed by atoms with Crippen LogP contribution in [0.2, 0.25) is 0 Å². The van der Waals surface area contributed by atoms with E-state index < -0.39 is 0 Å². The van der Waals surface area contributed by atoms with Gasteiger partial charge in [0, 0.05) is 11.9 Å². The van der Waals surface area contributed by atoms with Crippen LogP contribution < -0.4 is 0 Å². The van der Waals surface area contributed by atoms with E-state index in [1.54, 1.807) is 0 Å². The monoisotopic (exact) mass is 148 g/mol. The van der Waals surface area contributed by atoms with E-state index >= 15 is 0 Å². The van der Waals surface area contributed by atoms with Gasteiger partial charge in [0.15, 0.2) is 0 Å². The lowest BCUT2D eigenvalue weighted by Crippen LogP contribution is -2.32. The first-order valence-electron chi connectivity index (χ1n) is 3.96. The lowest BCUT2D eigenvalue weighted by molar-refractivity contribution is 0.330. The van der Waals surface area contributed by atoms with E-state index in [4.69, 9.17) is 0 Å². The highest BCUT2D eigenvalue weighted by Gasteiger charge is 2.27. The molecule has 2 heterocycles. The SMILES string of the molecule is CC1=NC2C=CC=CN2C1C. The van der Waals surface area contributed by atoms with Crippen LogP contribution in [0.5, 0.6) is 0 Å². The highest BCUT2D eigenvalue weighted by molar-refractivity contribution is 5.89. The minimum Gasteiger partial charge on any atom is -0.345 e. The van der Waals surface area contributed by atoms with Gasteiger partial charge in [-0.15, -0.1) is 0 Å². The maximum atomic E-state index is 4.50. The minimum atomic E-state index is 0.273. The molecule has 0 aromatic heterocycles. The summed E-state index contributed by atoms with van der Waals surface area (Å²) in [6.07, 6.45) is 8.61. The standard InChI is InChI=1S/C9H12N2/c1-7-8(2)11-6-4-3-5-9(11)10-7/h3-6,8-9H,1-2H3. The van der Waals surface area contributed by atoms with Crippen molar-refractivity contribution in [1.29, 1.82) is 0 Å². The third-order valence-electron chi connectivity index (χ3n) is 2.35. The van der Waals surface area contributed by atoms with Gasteiger partial charge in [0.05, 0.1) is 6.04 Å². The molecule has 2 aliphatic heterocycles. The van der Waals surface area contributed by atoms with E-state index in [2.05, 4.69) is 48.2 Å². The molecule has 2 heteroatoms. The molecule has 58 valence electrons. The molecular weight excluding hydrogens is 136 g/mol. The van der Waals surface area contributed by atoms with E-state index in [1.807, 2.05) is 0 Å². The largest absolute Gasteiger partial charge is 0.345 e. The molecule has 0 amide bonds. The third-order valence-corrected chi connectivity index (χ3v) is 2.35. The molecule has 11 heavy (non-hydrogen) atoms. The van der Waals surface area contributed by atoms with E-state index in [1.165, 1.54) is 5.71 Å². The smallest absolute Gasteiger partial charge is 0.140 e. The van der Waals surface area contributed by atoms with Crippen LogP contribution in [0, 0.1) is 0 Å². The van der Waals surface area contributed by atoms with Crippen molar-refractivity contribution in [1.82, 2.24) is 4.90 Å². The van der Waals surface area contributed by atoms with Gasteiger partial charge >= 0.3 is 0 Å². The summed E-state index contributed by atoms with van der Waals surface area (Å²) in [5, 5.41) is 0. The number of hydrogen-bond donors (Lipinski definition) is 0. The second-order valence-electron chi connectivity index (χ2n) is 3.03. The molecule has 0 fully saturated rings. The van der Waals surface area contributed by atoms with Gasteiger partial charge in [0.25, 0.3) is 0 Å². The number of allylic oxidation sites excluding steroid dienone is 2. The average molecular weight is 148 g/mol. The van der Waals surface area contributed by atoms with Gasteiger partial charge < -0.3 is 4.90 Å². The van der Waals surface area contributed by atoms with Crippen molar-refractivity contribution in [3.8, 4) is 0 Å². The van der Waals surface area contributed by atoms with Gasteiger partial charge in [-0.2, -0.15) is 0 Å². The van der Waals surface area contributed by atoms with Crippen LogP contribution in [0.15, 0.2) is 29.4 Å². The number of hydrogen-bond acceptors (Lipinski definition) is 2. The Labute approximate surface area is 66.9 Å². The lowest BCUT2D eigenvalue weighted by Gasteiger charge is -2.25. The molecule has 0 radical (unpaired) electrons. The van der Waals surface area contributed by atoms with Gasteiger partial charge in [-0.3, -0.25) is 4.99 Å². The zero-order chi connectivity index (χ0) is 7.84. The van der Waals surface area contributed by atoms with Crippen LogP contribution in [0.25, 0.3) is 0 Å². The Balaban J connectivity index is 2.29. The van der Waals surface area contributed by atoms with Crippen molar-refractivity contribution < 1.29 is 0 Å². The summed E-state index contributed by atoms with van der Waals surface area (Å²) >= 11 is 0. The second-order valence-corrected chi connectivity index (χ2v) is 3.03. The lowest BCUT2D eigenvalue weighted by atomic mass is 10.2. The predicted molar refractivity (Wildman–Crippen MR) is 46.5 cm³/mol. The summed E-state index contributed by atoms with van der Waals surface area (Å²) in [5.41, 5.74) is 1.23. The molecule has 2 rings (SSSR count). The van der Waals surface area contributed by atoms with E-state index in [0.29, 0.717) is 6.04 Å². The molecule has 0 aliphatic carbocycles. The quantitative estimate of drug-likeness (QED) is 0.509. The fraction of sp³-hybridized carbons (Fsp3) is 0.444. The molecule has 2 aliphatic rings. The van der Waals surface area contributed by atoms with Crippen molar-refractivity contribution in [3.63, 3.8) is 0 Å². The van der Waals surface area contributed by atoms with Gasteiger partial charge in [0.2, 0.25) is 0 Å². The summed E-state index contributed by atoms with van der Waals surface area (Å²) in [4.78, 5) is 6.76. The Kier molecular flexibility index (Phi) is 1.34. The Hall–Kier alpha value is -1.05. The molecular formula is C9H12N2. The van der Waals surface area contributed by atoms with Crippen LogP contribution in [-0.4, -0.2) is 22.8 Å². The molecule has 2 atom stereocenters. The van der Waals surface area contributed by atoms with Crippen LogP contribution in [0.3, 0.4) is 0 Å². The molecule has 0 spiro atoms.